The number of hydrogen-bond acceptors (Lipinski definition) is 4. The zero-order chi connectivity index (χ0) is 9.26. The highest BCUT2D eigenvalue weighted by atomic mass is 16.5. The highest BCUT2D eigenvalue weighted by Gasteiger charge is 2.10. The van der Waals surface area contributed by atoms with Crippen LogP contribution in [0.3, 0.4) is 0 Å². The van der Waals surface area contributed by atoms with Gasteiger partial charge in [0.05, 0.1) is 6.20 Å². The van der Waals surface area contributed by atoms with Gasteiger partial charge in [0.1, 0.15) is 11.4 Å². The van der Waals surface area contributed by atoms with Crippen molar-refractivity contribution in [2.75, 3.05) is 5.73 Å². The van der Waals surface area contributed by atoms with Crippen LogP contribution in [0.1, 0.15) is 5.56 Å². The van der Waals surface area contributed by atoms with Crippen LogP contribution in [0.15, 0.2) is 29.0 Å². The molecule has 0 unspecified atom stereocenters. The molecule has 0 atom stereocenters. The molecule has 2 heterocycles. The minimum Gasteiger partial charge on any atom is -0.394 e. The number of anilines is 1. The first-order chi connectivity index (χ1) is 6.29. The van der Waals surface area contributed by atoms with Gasteiger partial charge in [0.15, 0.2) is 0 Å². The molecule has 0 aromatic carbocycles. The Hall–Kier alpha value is -1.84. The summed E-state index contributed by atoms with van der Waals surface area (Å²) in [5.74, 6) is 0.540. The maximum Gasteiger partial charge on any atom is 0.208 e. The minimum atomic E-state index is 0.516. The standard InChI is InChI=1S/C9H9N3O/c1-6-3-2-4-11-8(6)9-7(10)5-12-13-9/h2-5H,10H2,1H3. The van der Waals surface area contributed by atoms with E-state index in [0.717, 1.165) is 11.3 Å². The first-order valence-electron chi connectivity index (χ1n) is 3.91. The highest BCUT2D eigenvalue weighted by molar-refractivity contribution is 5.68. The summed E-state index contributed by atoms with van der Waals surface area (Å²) in [6, 6.07) is 3.82. The average molecular weight is 175 g/mol. The largest absolute Gasteiger partial charge is 0.394 e. The third-order valence-corrected chi connectivity index (χ3v) is 1.82. The molecule has 4 nitrogen and oxygen atoms in total. The van der Waals surface area contributed by atoms with E-state index in [1.807, 2.05) is 19.1 Å². The van der Waals surface area contributed by atoms with E-state index in [0.29, 0.717) is 11.4 Å². The third kappa shape index (κ3) is 1.26. The van der Waals surface area contributed by atoms with Gasteiger partial charge in [-0.1, -0.05) is 11.2 Å². The number of nitrogens with zero attached hydrogens (tertiary/aromatic N) is 2. The third-order valence-electron chi connectivity index (χ3n) is 1.82. The lowest BCUT2D eigenvalue weighted by molar-refractivity contribution is 0.431. The normalized spacial score (nSPS) is 10.2. The lowest BCUT2D eigenvalue weighted by Gasteiger charge is -1.99. The van der Waals surface area contributed by atoms with Crippen LogP contribution in [-0.4, -0.2) is 10.1 Å². The summed E-state index contributed by atoms with van der Waals surface area (Å²) in [6.07, 6.45) is 3.17. The highest BCUT2D eigenvalue weighted by Crippen LogP contribution is 2.25. The molecular formula is C9H9N3O. The summed E-state index contributed by atoms with van der Waals surface area (Å²) >= 11 is 0. The van der Waals surface area contributed by atoms with Crippen LogP contribution < -0.4 is 5.73 Å². The van der Waals surface area contributed by atoms with E-state index in [2.05, 4.69) is 10.1 Å². The molecular weight excluding hydrogens is 166 g/mol. The molecule has 0 spiro atoms. The van der Waals surface area contributed by atoms with E-state index in [1.165, 1.54) is 6.20 Å². The molecule has 4 heteroatoms. The fourth-order valence-electron chi connectivity index (χ4n) is 1.15. The van der Waals surface area contributed by atoms with Crippen molar-refractivity contribution in [3.63, 3.8) is 0 Å². The fraction of sp³-hybridized carbons (Fsp3) is 0.111. The van der Waals surface area contributed by atoms with Gasteiger partial charge < -0.3 is 10.3 Å². The van der Waals surface area contributed by atoms with Crippen LogP contribution >= 0.6 is 0 Å². The van der Waals surface area contributed by atoms with Gasteiger partial charge in [-0.2, -0.15) is 0 Å². The number of nitrogens with two attached hydrogens (primary N) is 1. The van der Waals surface area contributed by atoms with E-state index in [-0.39, 0.29) is 0 Å². The second-order valence-corrected chi connectivity index (χ2v) is 2.78. The molecule has 0 aliphatic rings. The van der Waals surface area contributed by atoms with Crippen LogP contribution in [0.4, 0.5) is 5.69 Å². The van der Waals surface area contributed by atoms with Crippen LogP contribution in [0.2, 0.25) is 0 Å². The molecule has 2 rings (SSSR count). The summed E-state index contributed by atoms with van der Waals surface area (Å²) in [5, 5.41) is 3.60. The lowest BCUT2D eigenvalue weighted by atomic mass is 10.2. The summed E-state index contributed by atoms with van der Waals surface area (Å²) in [4.78, 5) is 4.17. The lowest BCUT2D eigenvalue weighted by Crippen LogP contribution is -1.89. The molecule has 2 aromatic rings. The zero-order valence-corrected chi connectivity index (χ0v) is 7.19. The fourth-order valence-corrected chi connectivity index (χ4v) is 1.15. The molecule has 2 N–H and O–H groups in total. The maximum atomic E-state index is 5.65. The van der Waals surface area contributed by atoms with Crippen molar-refractivity contribution >= 4 is 5.69 Å². The SMILES string of the molecule is Cc1cccnc1-c1oncc1N. The van der Waals surface area contributed by atoms with Gasteiger partial charge in [-0.25, -0.2) is 0 Å². The van der Waals surface area contributed by atoms with Gasteiger partial charge in [-0.15, -0.1) is 0 Å². The summed E-state index contributed by atoms with van der Waals surface area (Å²) in [6.45, 7) is 1.95. The Balaban J connectivity index is 2.59. The number of aromatic nitrogens is 2. The van der Waals surface area contributed by atoms with Crippen LogP contribution in [0.5, 0.6) is 0 Å². The molecule has 66 valence electrons. The van der Waals surface area contributed by atoms with E-state index < -0.39 is 0 Å². The second kappa shape index (κ2) is 2.90. The van der Waals surface area contributed by atoms with Crippen LogP contribution in [0, 0.1) is 6.92 Å². The van der Waals surface area contributed by atoms with Gasteiger partial charge in [0.2, 0.25) is 5.76 Å². The molecule has 0 amide bonds. The molecule has 0 aliphatic carbocycles. The van der Waals surface area contributed by atoms with Crippen molar-refractivity contribution in [2.45, 2.75) is 6.92 Å². The molecule has 13 heavy (non-hydrogen) atoms. The van der Waals surface area contributed by atoms with Crippen molar-refractivity contribution in [1.29, 1.82) is 0 Å². The van der Waals surface area contributed by atoms with Crippen molar-refractivity contribution in [2.24, 2.45) is 0 Å². The maximum absolute atomic E-state index is 5.65. The predicted octanol–water partition coefficient (Wildman–Crippen LogP) is 1.63. The van der Waals surface area contributed by atoms with Crippen molar-refractivity contribution in [3.8, 4) is 11.5 Å². The van der Waals surface area contributed by atoms with Crippen LogP contribution in [0.25, 0.3) is 11.5 Å². The van der Waals surface area contributed by atoms with Crippen LogP contribution in [-0.2, 0) is 0 Å². The number of rotatable bonds is 1. The number of nitrogen functional groups attached to an aromatic ring is 1. The quantitative estimate of drug-likeness (QED) is 0.715. The Morgan fingerprint density at radius 1 is 1.46 bits per heavy atom. The molecule has 0 radical (unpaired) electrons. The Morgan fingerprint density at radius 2 is 2.31 bits per heavy atom. The number of aryl methyl sites for hydroxylation is 1. The summed E-state index contributed by atoms with van der Waals surface area (Å²) in [7, 11) is 0. The van der Waals surface area contributed by atoms with E-state index in [9.17, 15) is 0 Å². The molecule has 0 saturated carbocycles. The molecule has 0 aliphatic heterocycles. The summed E-state index contributed by atoms with van der Waals surface area (Å²) < 4.78 is 4.99. The monoisotopic (exact) mass is 175 g/mol. The number of hydrogen-bond donors (Lipinski definition) is 1. The average Bonchev–Trinajstić information content (AvgIpc) is 2.52. The van der Waals surface area contributed by atoms with E-state index >= 15 is 0 Å². The Kier molecular flexibility index (Phi) is 1.73. The Bertz CT molecular complexity index is 422. The summed E-state index contributed by atoms with van der Waals surface area (Å²) in [5.41, 5.74) is 7.93. The topological polar surface area (TPSA) is 64.9 Å². The van der Waals surface area contributed by atoms with E-state index in [4.69, 9.17) is 10.3 Å². The van der Waals surface area contributed by atoms with Crippen molar-refractivity contribution < 1.29 is 4.52 Å². The molecule has 2 aromatic heterocycles. The van der Waals surface area contributed by atoms with Gasteiger partial charge in [-0.05, 0) is 18.6 Å². The molecule has 0 fully saturated rings. The van der Waals surface area contributed by atoms with Gasteiger partial charge in [0, 0.05) is 6.20 Å². The molecule has 0 saturated heterocycles. The van der Waals surface area contributed by atoms with Crippen molar-refractivity contribution in [1.82, 2.24) is 10.1 Å². The van der Waals surface area contributed by atoms with Gasteiger partial charge in [0.25, 0.3) is 0 Å². The first-order valence-corrected chi connectivity index (χ1v) is 3.91. The Labute approximate surface area is 75.4 Å². The second-order valence-electron chi connectivity index (χ2n) is 2.78. The minimum absolute atomic E-state index is 0.516. The van der Waals surface area contributed by atoms with E-state index in [1.54, 1.807) is 6.20 Å². The van der Waals surface area contributed by atoms with Crippen molar-refractivity contribution in [3.05, 3.63) is 30.1 Å². The number of pyridine rings is 1. The predicted molar refractivity (Wildman–Crippen MR) is 48.9 cm³/mol. The zero-order valence-electron chi connectivity index (χ0n) is 7.19. The van der Waals surface area contributed by atoms with Gasteiger partial charge in [-0.3, -0.25) is 4.98 Å². The molecule has 0 bridgehead atoms. The smallest absolute Gasteiger partial charge is 0.208 e. The van der Waals surface area contributed by atoms with Gasteiger partial charge >= 0.3 is 0 Å². The Morgan fingerprint density at radius 3 is 2.92 bits per heavy atom. The first kappa shape index (κ1) is 7.79.